The van der Waals surface area contributed by atoms with Crippen molar-refractivity contribution in [2.24, 2.45) is 0 Å². The van der Waals surface area contributed by atoms with Crippen LogP contribution in [0.3, 0.4) is 0 Å². The van der Waals surface area contributed by atoms with Crippen molar-refractivity contribution in [1.29, 1.82) is 0 Å². The summed E-state index contributed by atoms with van der Waals surface area (Å²) in [5, 5.41) is 0.788. The average molecular weight is 377 g/mol. The van der Waals surface area contributed by atoms with Crippen LogP contribution in [-0.2, 0) is 12.8 Å². The van der Waals surface area contributed by atoms with E-state index in [1.54, 1.807) is 15.9 Å². The van der Waals surface area contributed by atoms with Gasteiger partial charge in [-0.05, 0) is 60.3 Å². The molecule has 0 saturated carbocycles. The molecule has 5 rings (SSSR count). The fourth-order valence-corrected chi connectivity index (χ4v) is 5.49. The van der Waals surface area contributed by atoms with Crippen molar-refractivity contribution in [3.63, 3.8) is 0 Å². The molecule has 1 aliphatic carbocycles. The molecule has 0 amide bonds. The van der Waals surface area contributed by atoms with Gasteiger partial charge in [-0.25, -0.2) is 0 Å². The first kappa shape index (κ1) is 15.7. The average Bonchev–Trinajstić information content (AvgIpc) is 3.02. The van der Waals surface area contributed by atoms with Crippen LogP contribution in [0.5, 0.6) is 0 Å². The van der Waals surface area contributed by atoms with Crippen LogP contribution in [0.15, 0.2) is 53.3 Å². The topological polar surface area (TPSA) is 37.8 Å². The first-order valence-electron chi connectivity index (χ1n) is 8.60. The van der Waals surface area contributed by atoms with Crippen molar-refractivity contribution in [1.82, 2.24) is 9.55 Å². The molecule has 2 heterocycles. The van der Waals surface area contributed by atoms with Gasteiger partial charge >= 0.3 is 0 Å². The standard InChI is InChI=1S/C21H16N2OS2/c1-12-6-2-5-9-16(12)23-20(24)17-15-11-10-13-7-3-4-8-14(13)18(15)26-19(17)22-21(23)25/h2-9H,10-11H2,1H3,(H,22,25). The predicted octanol–water partition coefficient (Wildman–Crippen LogP) is 5.18. The number of nitrogens with zero attached hydrogens (tertiary/aromatic N) is 1. The molecular formula is C21H16N2OS2. The van der Waals surface area contributed by atoms with Gasteiger partial charge in [0.1, 0.15) is 4.83 Å². The van der Waals surface area contributed by atoms with Crippen molar-refractivity contribution < 1.29 is 0 Å². The number of hydrogen-bond acceptors (Lipinski definition) is 3. The van der Waals surface area contributed by atoms with Crippen LogP contribution in [0.25, 0.3) is 26.3 Å². The van der Waals surface area contributed by atoms with E-state index in [-0.39, 0.29) is 5.56 Å². The summed E-state index contributed by atoms with van der Waals surface area (Å²) in [6.07, 6.45) is 1.86. The second-order valence-corrected chi connectivity index (χ2v) is 8.04. The normalized spacial score (nSPS) is 12.8. The molecule has 26 heavy (non-hydrogen) atoms. The summed E-state index contributed by atoms with van der Waals surface area (Å²) >= 11 is 7.18. The molecule has 0 radical (unpaired) electrons. The van der Waals surface area contributed by atoms with Gasteiger partial charge in [0, 0.05) is 4.88 Å². The van der Waals surface area contributed by atoms with E-state index in [1.807, 2.05) is 31.2 Å². The molecule has 0 aliphatic heterocycles. The van der Waals surface area contributed by atoms with Crippen molar-refractivity contribution in [3.05, 3.63) is 80.3 Å². The first-order chi connectivity index (χ1) is 12.6. The minimum absolute atomic E-state index is 0.0186. The van der Waals surface area contributed by atoms with Gasteiger partial charge in [-0.15, -0.1) is 11.3 Å². The minimum Gasteiger partial charge on any atom is -0.323 e. The number of nitrogens with one attached hydrogen (secondary N) is 1. The molecule has 0 atom stereocenters. The monoisotopic (exact) mass is 376 g/mol. The number of aromatic nitrogens is 2. The Balaban J connectivity index is 1.88. The molecule has 2 aromatic carbocycles. The van der Waals surface area contributed by atoms with Gasteiger partial charge in [0.25, 0.3) is 5.56 Å². The van der Waals surface area contributed by atoms with Crippen LogP contribution in [0.1, 0.15) is 16.7 Å². The highest BCUT2D eigenvalue weighted by atomic mass is 32.1. The number of hydrogen-bond donors (Lipinski definition) is 1. The van der Waals surface area contributed by atoms with Crippen LogP contribution in [-0.4, -0.2) is 9.55 Å². The van der Waals surface area contributed by atoms with E-state index in [0.29, 0.717) is 4.77 Å². The van der Waals surface area contributed by atoms with Crippen LogP contribution < -0.4 is 5.56 Å². The van der Waals surface area contributed by atoms with Crippen LogP contribution >= 0.6 is 23.6 Å². The Morgan fingerprint density at radius 2 is 1.85 bits per heavy atom. The lowest BCUT2D eigenvalue weighted by Crippen LogP contribution is -2.21. The fraction of sp³-hybridized carbons (Fsp3) is 0.143. The molecular weight excluding hydrogens is 360 g/mol. The summed E-state index contributed by atoms with van der Waals surface area (Å²) in [6.45, 7) is 2.00. The van der Waals surface area contributed by atoms with Crippen LogP contribution in [0, 0.1) is 11.7 Å². The molecule has 2 aromatic heterocycles. The maximum atomic E-state index is 13.4. The second-order valence-electron chi connectivity index (χ2n) is 6.63. The molecule has 3 nitrogen and oxygen atoms in total. The lowest BCUT2D eigenvalue weighted by molar-refractivity contribution is 0.920. The third kappa shape index (κ3) is 2.17. The van der Waals surface area contributed by atoms with Crippen molar-refractivity contribution in [3.8, 4) is 16.1 Å². The number of para-hydroxylation sites is 1. The van der Waals surface area contributed by atoms with Crippen LogP contribution in [0.4, 0.5) is 0 Å². The van der Waals surface area contributed by atoms with Gasteiger partial charge in [-0.3, -0.25) is 9.36 Å². The molecule has 1 aliphatic rings. The third-order valence-corrected chi connectivity index (χ3v) is 6.58. The third-order valence-electron chi connectivity index (χ3n) is 5.11. The Bertz CT molecular complexity index is 1290. The number of H-pyrrole nitrogens is 1. The fourth-order valence-electron chi connectivity index (χ4n) is 3.85. The van der Waals surface area contributed by atoms with Gasteiger partial charge in [0.2, 0.25) is 0 Å². The molecule has 0 bridgehead atoms. The molecule has 0 spiro atoms. The molecule has 128 valence electrons. The SMILES string of the molecule is Cc1ccccc1-n1c(=S)[nH]c2sc3c(c2c1=O)CCc1ccccc1-3. The van der Waals surface area contributed by atoms with E-state index in [9.17, 15) is 4.79 Å². The summed E-state index contributed by atoms with van der Waals surface area (Å²) < 4.78 is 2.09. The zero-order valence-corrected chi connectivity index (χ0v) is 15.8. The van der Waals surface area contributed by atoms with Gasteiger partial charge in [-0.1, -0.05) is 42.5 Å². The smallest absolute Gasteiger partial charge is 0.267 e. The Morgan fingerprint density at radius 3 is 2.69 bits per heavy atom. The highest BCUT2D eigenvalue weighted by Crippen LogP contribution is 2.42. The highest BCUT2D eigenvalue weighted by Gasteiger charge is 2.24. The van der Waals surface area contributed by atoms with Crippen molar-refractivity contribution in [2.75, 3.05) is 0 Å². The summed E-state index contributed by atoms with van der Waals surface area (Å²) in [4.78, 5) is 18.8. The largest absolute Gasteiger partial charge is 0.323 e. The highest BCUT2D eigenvalue weighted by molar-refractivity contribution is 7.71. The zero-order chi connectivity index (χ0) is 17.8. The lowest BCUT2D eigenvalue weighted by Gasteiger charge is -2.16. The van der Waals surface area contributed by atoms with Gasteiger partial charge in [0.05, 0.1) is 11.1 Å². The molecule has 4 aromatic rings. The molecule has 1 N–H and O–H groups in total. The van der Waals surface area contributed by atoms with Crippen molar-refractivity contribution in [2.45, 2.75) is 19.8 Å². The quantitative estimate of drug-likeness (QED) is 0.465. The number of fused-ring (bicyclic) bond motifs is 5. The van der Waals surface area contributed by atoms with Gasteiger partial charge < -0.3 is 4.98 Å². The Kier molecular flexibility index (Phi) is 3.48. The summed E-state index contributed by atoms with van der Waals surface area (Å²) in [6, 6.07) is 16.3. The first-order valence-corrected chi connectivity index (χ1v) is 9.82. The van der Waals surface area contributed by atoms with E-state index in [0.717, 1.165) is 39.9 Å². The second kappa shape index (κ2) is 5.76. The summed E-state index contributed by atoms with van der Waals surface area (Å²) in [5.74, 6) is 0. The maximum Gasteiger partial charge on any atom is 0.267 e. The maximum absolute atomic E-state index is 13.4. The van der Waals surface area contributed by atoms with E-state index in [1.165, 1.54) is 16.0 Å². The Hall–Kier alpha value is -2.50. The molecule has 0 saturated heterocycles. The number of benzene rings is 2. The van der Waals surface area contributed by atoms with Crippen LogP contribution in [0.2, 0.25) is 0 Å². The molecule has 0 fully saturated rings. The molecule has 5 heteroatoms. The van der Waals surface area contributed by atoms with Gasteiger partial charge in [-0.2, -0.15) is 0 Å². The number of aryl methyl sites for hydroxylation is 3. The predicted molar refractivity (Wildman–Crippen MR) is 110 cm³/mol. The van der Waals surface area contributed by atoms with Crippen molar-refractivity contribution >= 4 is 33.8 Å². The molecule has 0 unspecified atom stereocenters. The Labute approximate surface area is 159 Å². The minimum atomic E-state index is -0.0186. The van der Waals surface area contributed by atoms with E-state index in [2.05, 4.69) is 29.2 Å². The number of aromatic amines is 1. The van der Waals surface area contributed by atoms with E-state index >= 15 is 0 Å². The zero-order valence-electron chi connectivity index (χ0n) is 14.2. The summed E-state index contributed by atoms with van der Waals surface area (Å²) in [7, 11) is 0. The Morgan fingerprint density at radius 1 is 1.08 bits per heavy atom. The number of rotatable bonds is 1. The number of thiophene rings is 1. The van der Waals surface area contributed by atoms with E-state index < -0.39 is 0 Å². The lowest BCUT2D eigenvalue weighted by atomic mass is 9.90. The summed E-state index contributed by atoms with van der Waals surface area (Å²) in [5.41, 5.74) is 5.61. The van der Waals surface area contributed by atoms with Gasteiger partial charge in [0.15, 0.2) is 4.77 Å². The van der Waals surface area contributed by atoms with E-state index in [4.69, 9.17) is 12.2 Å².